The largest absolute Gasteiger partial charge is 0.495 e. The number of aromatic nitrogens is 2. The molecular weight excluding hydrogens is 274 g/mol. The molecule has 0 spiro atoms. The molecule has 3 rings (SSSR count). The van der Waals surface area contributed by atoms with Gasteiger partial charge in [0.05, 0.1) is 23.8 Å². The lowest BCUT2D eigenvalue weighted by molar-refractivity contribution is 0.417. The number of ether oxygens (including phenoxy) is 1. The molecule has 0 aliphatic heterocycles. The van der Waals surface area contributed by atoms with Crippen molar-refractivity contribution in [3.8, 4) is 17.1 Å². The van der Waals surface area contributed by atoms with Crippen molar-refractivity contribution in [1.82, 2.24) is 9.55 Å². The Kier molecular flexibility index (Phi) is 3.75. The SMILES string of the molecule is CCCn1c(-c2ccc(N)c(OC)c2)nc2cc(C)ccc21. The zero-order valence-corrected chi connectivity index (χ0v) is 13.3. The first-order valence-electron chi connectivity index (χ1n) is 7.54. The van der Waals surface area contributed by atoms with Gasteiger partial charge in [0, 0.05) is 12.1 Å². The first-order valence-corrected chi connectivity index (χ1v) is 7.54. The van der Waals surface area contributed by atoms with Gasteiger partial charge in [0.15, 0.2) is 0 Å². The Morgan fingerprint density at radius 2 is 2.00 bits per heavy atom. The van der Waals surface area contributed by atoms with Crippen molar-refractivity contribution in [2.45, 2.75) is 26.8 Å². The highest BCUT2D eigenvalue weighted by molar-refractivity contribution is 5.82. The van der Waals surface area contributed by atoms with Crippen molar-refractivity contribution in [2.75, 3.05) is 12.8 Å². The number of benzene rings is 2. The molecule has 4 heteroatoms. The molecule has 114 valence electrons. The van der Waals surface area contributed by atoms with Gasteiger partial charge in [0.2, 0.25) is 0 Å². The van der Waals surface area contributed by atoms with Crippen LogP contribution in [0.25, 0.3) is 22.4 Å². The second kappa shape index (κ2) is 5.72. The summed E-state index contributed by atoms with van der Waals surface area (Å²) < 4.78 is 7.60. The molecule has 0 fully saturated rings. The summed E-state index contributed by atoms with van der Waals surface area (Å²) in [6, 6.07) is 12.2. The Morgan fingerprint density at radius 1 is 1.18 bits per heavy atom. The number of methoxy groups -OCH3 is 1. The molecule has 0 aliphatic rings. The van der Waals surface area contributed by atoms with Gasteiger partial charge in [-0.05, 0) is 49.2 Å². The molecule has 0 amide bonds. The Labute approximate surface area is 130 Å². The Balaban J connectivity index is 2.22. The van der Waals surface area contributed by atoms with Crippen LogP contribution in [0.4, 0.5) is 5.69 Å². The maximum atomic E-state index is 5.92. The van der Waals surface area contributed by atoms with E-state index >= 15 is 0 Å². The van der Waals surface area contributed by atoms with Gasteiger partial charge in [-0.2, -0.15) is 0 Å². The smallest absolute Gasteiger partial charge is 0.142 e. The molecule has 0 aliphatic carbocycles. The maximum absolute atomic E-state index is 5.92. The number of nitrogens with zero attached hydrogens (tertiary/aromatic N) is 2. The molecule has 0 radical (unpaired) electrons. The van der Waals surface area contributed by atoms with Crippen LogP contribution >= 0.6 is 0 Å². The summed E-state index contributed by atoms with van der Waals surface area (Å²) in [5.74, 6) is 1.64. The van der Waals surface area contributed by atoms with Gasteiger partial charge < -0.3 is 15.0 Å². The minimum absolute atomic E-state index is 0.639. The summed E-state index contributed by atoms with van der Waals surface area (Å²) in [5.41, 5.74) is 11.0. The third-order valence-electron chi connectivity index (χ3n) is 3.84. The zero-order valence-electron chi connectivity index (χ0n) is 13.3. The van der Waals surface area contributed by atoms with Gasteiger partial charge in [-0.1, -0.05) is 13.0 Å². The molecule has 0 saturated heterocycles. The number of fused-ring (bicyclic) bond motifs is 1. The van der Waals surface area contributed by atoms with Crippen molar-refractivity contribution in [3.05, 3.63) is 42.0 Å². The summed E-state index contributed by atoms with van der Waals surface area (Å²) in [4.78, 5) is 4.83. The third-order valence-corrected chi connectivity index (χ3v) is 3.84. The highest BCUT2D eigenvalue weighted by atomic mass is 16.5. The van der Waals surface area contributed by atoms with Gasteiger partial charge in [-0.25, -0.2) is 4.98 Å². The summed E-state index contributed by atoms with van der Waals surface area (Å²) in [5, 5.41) is 0. The van der Waals surface area contributed by atoms with Crippen molar-refractivity contribution in [3.63, 3.8) is 0 Å². The highest BCUT2D eigenvalue weighted by Gasteiger charge is 2.13. The molecule has 4 nitrogen and oxygen atoms in total. The number of imidazole rings is 1. The quantitative estimate of drug-likeness (QED) is 0.740. The van der Waals surface area contributed by atoms with Gasteiger partial charge >= 0.3 is 0 Å². The van der Waals surface area contributed by atoms with Crippen molar-refractivity contribution in [1.29, 1.82) is 0 Å². The fraction of sp³-hybridized carbons (Fsp3) is 0.278. The van der Waals surface area contributed by atoms with Crippen LogP contribution in [0.3, 0.4) is 0 Å². The van der Waals surface area contributed by atoms with E-state index in [9.17, 15) is 0 Å². The number of rotatable bonds is 4. The number of hydrogen-bond acceptors (Lipinski definition) is 3. The first-order chi connectivity index (χ1) is 10.6. The van der Waals surface area contributed by atoms with Crippen molar-refractivity contribution >= 4 is 16.7 Å². The topological polar surface area (TPSA) is 53.1 Å². The second-order valence-electron chi connectivity index (χ2n) is 5.54. The van der Waals surface area contributed by atoms with E-state index in [2.05, 4.69) is 36.6 Å². The van der Waals surface area contributed by atoms with Crippen LogP contribution in [-0.2, 0) is 6.54 Å². The van der Waals surface area contributed by atoms with E-state index in [0.29, 0.717) is 11.4 Å². The number of nitrogen functional groups attached to an aromatic ring is 1. The molecule has 2 N–H and O–H groups in total. The lowest BCUT2D eigenvalue weighted by Crippen LogP contribution is -2.00. The predicted octanol–water partition coefficient (Wildman–Crippen LogP) is 4.01. The lowest BCUT2D eigenvalue weighted by Gasteiger charge is -2.10. The average molecular weight is 295 g/mol. The van der Waals surface area contributed by atoms with Gasteiger partial charge in [0.1, 0.15) is 11.6 Å². The molecule has 2 aromatic carbocycles. The molecule has 0 unspecified atom stereocenters. The van der Waals surface area contributed by atoms with Crippen LogP contribution < -0.4 is 10.5 Å². The van der Waals surface area contributed by atoms with Crippen LogP contribution in [0.15, 0.2) is 36.4 Å². The molecule has 22 heavy (non-hydrogen) atoms. The van der Waals surface area contributed by atoms with Gasteiger partial charge in [0.25, 0.3) is 0 Å². The fourth-order valence-corrected chi connectivity index (χ4v) is 2.76. The lowest BCUT2D eigenvalue weighted by atomic mass is 10.1. The van der Waals surface area contributed by atoms with Gasteiger partial charge in [-0.3, -0.25) is 0 Å². The third kappa shape index (κ3) is 2.41. The Morgan fingerprint density at radius 3 is 2.73 bits per heavy atom. The van der Waals surface area contributed by atoms with Crippen LogP contribution in [0, 0.1) is 6.92 Å². The fourth-order valence-electron chi connectivity index (χ4n) is 2.76. The van der Waals surface area contributed by atoms with Crippen LogP contribution in [0.2, 0.25) is 0 Å². The normalized spacial score (nSPS) is 11.0. The van der Waals surface area contributed by atoms with E-state index in [-0.39, 0.29) is 0 Å². The highest BCUT2D eigenvalue weighted by Crippen LogP contribution is 2.31. The van der Waals surface area contributed by atoms with E-state index in [4.69, 9.17) is 15.5 Å². The average Bonchev–Trinajstić information content (AvgIpc) is 2.86. The number of nitrogens with two attached hydrogens (primary N) is 1. The standard InChI is InChI=1S/C18H21N3O/c1-4-9-21-16-8-5-12(2)10-15(16)20-18(21)13-6-7-14(19)17(11-13)22-3/h5-8,10-11H,4,9,19H2,1-3H3. The summed E-state index contributed by atoms with van der Waals surface area (Å²) in [7, 11) is 1.63. The molecule has 0 atom stereocenters. The number of aryl methyl sites for hydroxylation is 2. The molecule has 0 bridgehead atoms. The number of hydrogen-bond donors (Lipinski definition) is 1. The molecule has 1 heterocycles. The van der Waals surface area contributed by atoms with Crippen LogP contribution in [0.5, 0.6) is 5.75 Å². The summed E-state index contributed by atoms with van der Waals surface area (Å²) in [6.45, 7) is 5.19. The van der Waals surface area contributed by atoms with Crippen LogP contribution in [0.1, 0.15) is 18.9 Å². The molecule has 3 aromatic rings. The number of anilines is 1. The van der Waals surface area contributed by atoms with E-state index in [0.717, 1.165) is 29.9 Å². The van der Waals surface area contributed by atoms with E-state index < -0.39 is 0 Å². The maximum Gasteiger partial charge on any atom is 0.142 e. The molecule has 0 saturated carbocycles. The molecule has 1 aromatic heterocycles. The summed E-state index contributed by atoms with van der Waals surface area (Å²) in [6.07, 6.45) is 1.05. The van der Waals surface area contributed by atoms with E-state index in [1.807, 2.05) is 18.2 Å². The Bertz CT molecular complexity index is 821. The minimum atomic E-state index is 0.639. The zero-order chi connectivity index (χ0) is 15.7. The second-order valence-corrected chi connectivity index (χ2v) is 5.54. The monoisotopic (exact) mass is 295 g/mol. The summed E-state index contributed by atoms with van der Waals surface area (Å²) >= 11 is 0. The van der Waals surface area contributed by atoms with E-state index in [1.165, 1.54) is 11.1 Å². The van der Waals surface area contributed by atoms with Crippen molar-refractivity contribution < 1.29 is 4.74 Å². The first kappa shape index (κ1) is 14.4. The minimum Gasteiger partial charge on any atom is -0.495 e. The predicted molar refractivity (Wildman–Crippen MR) is 91.2 cm³/mol. The van der Waals surface area contributed by atoms with Crippen molar-refractivity contribution in [2.24, 2.45) is 0 Å². The van der Waals surface area contributed by atoms with Gasteiger partial charge in [-0.15, -0.1) is 0 Å². The molecular formula is C18H21N3O. The van der Waals surface area contributed by atoms with Crippen LogP contribution in [-0.4, -0.2) is 16.7 Å². The van der Waals surface area contributed by atoms with E-state index in [1.54, 1.807) is 7.11 Å². The Hall–Kier alpha value is -2.49.